The van der Waals surface area contributed by atoms with Gasteiger partial charge >= 0.3 is 0 Å². The Labute approximate surface area is 105 Å². The molecule has 1 aromatic carbocycles. The number of aromatic nitrogens is 2. The van der Waals surface area contributed by atoms with Crippen molar-refractivity contribution in [2.75, 3.05) is 0 Å². The Kier molecular flexibility index (Phi) is 3.94. The number of ether oxygens (including phenoxy) is 1. The Bertz CT molecular complexity index is 525. The Hall–Kier alpha value is -1.88. The Morgan fingerprint density at radius 2 is 2.28 bits per heavy atom. The second-order valence-corrected chi connectivity index (χ2v) is 3.87. The quantitative estimate of drug-likeness (QED) is 0.882. The van der Waals surface area contributed by atoms with Crippen LogP contribution in [0.25, 0.3) is 0 Å². The van der Waals surface area contributed by atoms with Crippen LogP contribution >= 0.6 is 0 Å². The zero-order chi connectivity index (χ0) is 13.0. The van der Waals surface area contributed by atoms with E-state index in [-0.39, 0.29) is 12.4 Å². The lowest BCUT2D eigenvalue weighted by molar-refractivity contribution is 0.286. The molecule has 0 spiro atoms. The molecule has 0 aliphatic rings. The summed E-state index contributed by atoms with van der Waals surface area (Å²) in [6.07, 6.45) is 3.63. The highest BCUT2D eigenvalue weighted by Gasteiger charge is 2.06. The number of aryl methyl sites for hydroxylation is 1. The molecule has 0 aliphatic heterocycles. The first-order valence-corrected chi connectivity index (χ1v) is 5.86. The molecular formula is C13H16FN3O. The molecule has 96 valence electrons. The van der Waals surface area contributed by atoms with Gasteiger partial charge in [-0.05, 0) is 25.1 Å². The molecule has 4 nitrogen and oxygen atoms in total. The summed E-state index contributed by atoms with van der Waals surface area (Å²) in [6.45, 7) is 3.47. The Morgan fingerprint density at radius 1 is 1.44 bits per heavy atom. The van der Waals surface area contributed by atoms with Crippen molar-refractivity contribution in [1.82, 2.24) is 9.55 Å². The molecule has 18 heavy (non-hydrogen) atoms. The summed E-state index contributed by atoms with van der Waals surface area (Å²) in [4.78, 5) is 4.21. The topological polar surface area (TPSA) is 53.1 Å². The maximum absolute atomic E-state index is 13.0. The fourth-order valence-electron chi connectivity index (χ4n) is 1.76. The average molecular weight is 249 g/mol. The van der Waals surface area contributed by atoms with Gasteiger partial charge in [0.05, 0.1) is 0 Å². The fourth-order valence-corrected chi connectivity index (χ4v) is 1.76. The number of nitrogens with zero attached hydrogens (tertiary/aromatic N) is 2. The molecule has 0 bridgehead atoms. The molecule has 2 N–H and O–H groups in total. The van der Waals surface area contributed by atoms with Crippen molar-refractivity contribution in [1.29, 1.82) is 0 Å². The maximum Gasteiger partial charge on any atom is 0.146 e. The molecule has 2 aromatic rings. The van der Waals surface area contributed by atoms with Gasteiger partial charge in [0.1, 0.15) is 24.0 Å². The number of benzene rings is 1. The first-order chi connectivity index (χ1) is 8.74. The summed E-state index contributed by atoms with van der Waals surface area (Å²) in [5, 5.41) is 0. The molecular weight excluding hydrogens is 233 g/mol. The van der Waals surface area contributed by atoms with Gasteiger partial charge in [-0.3, -0.25) is 0 Å². The molecule has 0 radical (unpaired) electrons. The molecule has 0 unspecified atom stereocenters. The molecule has 0 saturated carbocycles. The van der Waals surface area contributed by atoms with Crippen LogP contribution in [0.3, 0.4) is 0 Å². The Balaban J connectivity index is 2.10. The summed E-state index contributed by atoms with van der Waals surface area (Å²) in [5.74, 6) is 1.13. The predicted molar refractivity (Wildman–Crippen MR) is 66.5 cm³/mol. The van der Waals surface area contributed by atoms with Gasteiger partial charge in [0.25, 0.3) is 0 Å². The van der Waals surface area contributed by atoms with Crippen LogP contribution in [0.2, 0.25) is 0 Å². The normalized spacial score (nSPS) is 10.6. The van der Waals surface area contributed by atoms with Crippen LogP contribution in [0.1, 0.15) is 18.3 Å². The van der Waals surface area contributed by atoms with Crippen molar-refractivity contribution in [2.24, 2.45) is 5.73 Å². The van der Waals surface area contributed by atoms with Gasteiger partial charge in [-0.1, -0.05) is 0 Å². The average Bonchev–Trinajstić information content (AvgIpc) is 2.84. The SMILES string of the molecule is CCn1ccnc1COc1ccc(F)cc1CN. The predicted octanol–water partition coefficient (Wildman–Crippen LogP) is 2.08. The highest BCUT2D eigenvalue weighted by atomic mass is 19.1. The molecule has 0 amide bonds. The van der Waals surface area contributed by atoms with Gasteiger partial charge in [-0.15, -0.1) is 0 Å². The highest BCUT2D eigenvalue weighted by molar-refractivity contribution is 5.33. The summed E-state index contributed by atoms with van der Waals surface area (Å²) < 4.78 is 20.7. The lowest BCUT2D eigenvalue weighted by Crippen LogP contribution is -2.07. The van der Waals surface area contributed by atoms with E-state index in [4.69, 9.17) is 10.5 Å². The summed E-state index contributed by atoms with van der Waals surface area (Å²) >= 11 is 0. The van der Waals surface area contributed by atoms with E-state index in [0.717, 1.165) is 12.4 Å². The van der Waals surface area contributed by atoms with Gasteiger partial charge in [-0.2, -0.15) is 0 Å². The van der Waals surface area contributed by atoms with Crippen LogP contribution in [-0.4, -0.2) is 9.55 Å². The number of hydrogen-bond acceptors (Lipinski definition) is 3. The second kappa shape index (κ2) is 5.64. The van der Waals surface area contributed by atoms with Crippen molar-refractivity contribution in [3.05, 3.63) is 47.8 Å². The number of nitrogens with two attached hydrogens (primary N) is 1. The lowest BCUT2D eigenvalue weighted by Gasteiger charge is -2.11. The highest BCUT2D eigenvalue weighted by Crippen LogP contribution is 2.20. The molecule has 0 fully saturated rings. The van der Waals surface area contributed by atoms with E-state index in [1.54, 1.807) is 12.3 Å². The van der Waals surface area contributed by atoms with Gasteiger partial charge in [0, 0.05) is 31.0 Å². The number of halogens is 1. The van der Waals surface area contributed by atoms with Crippen molar-refractivity contribution < 1.29 is 9.13 Å². The van der Waals surface area contributed by atoms with Crippen LogP contribution < -0.4 is 10.5 Å². The van der Waals surface area contributed by atoms with Crippen LogP contribution in [0.4, 0.5) is 4.39 Å². The fraction of sp³-hybridized carbons (Fsp3) is 0.308. The van der Waals surface area contributed by atoms with E-state index in [0.29, 0.717) is 17.9 Å². The minimum Gasteiger partial charge on any atom is -0.485 e. The van der Waals surface area contributed by atoms with E-state index in [2.05, 4.69) is 4.98 Å². The molecule has 5 heteroatoms. The zero-order valence-electron chi connectivity index (χ0n) is 10.3. The summed E-state index contributed by atoms with van der Waals surface area (Å²) in [5.41, 5.74) is 6.21. The molecule has 0 aliphatic carbocycles. The second-order valence-electron chi connectivity index (χ2n) is 3.87. The minimum atomic E-state index is -0.308. The zero-order valence-corrected chi connectivity index (χ0v) is 10.3. The van der Waals surface area contributed by atoms with E-state index >= 15 is 0 Å². The van der Waals surface area contributed by atoms with Crippen molar-refractivity contribution in [2.45, 2.75) is 26.6 Å². The van der Waals surface area contributed by atoms with Crippen molar-refractivity contribution in [3.8, 4) is 5.75 Å². The molecule has 0 atom stereocenters. The van der Waals surface area contributed by atoms with E-state index in [9.17, 15) is 4.39 Å². The molecule has 2 rings (SSSR count). The minimum absolute atomic E-state index is 0.245. The number of rotatable bonds is 5. The van der Waals surface area contributed by atoms with Gasteiger partial charge in [0.2, 0.25) is 0 Å². The number of imidazole rings is 1. The molecule has 1 heterocycles. The van der Waals surface area contributed by atoms with Crippen LogP contribution in [-0.2, 0) is 19.7 Å². The van der Waals surface area contributed by atoms with Gasteiger partial charge < -0.3 is 15.0 Å². The third-order valence-corrected chi connectivity index (χ3v) is 2.74. The third kappa shape index (κ3) is 2.68. The van der Waals surface area contributed by atoms with Crippen molar-refractivity contribution in [3.63, 3.8) is 0 Å². The smallest absolute Gasteiger partial charge is 0.146 e. The summed E-state index contributed by atoms with van der Waals surface area (Å²) in [6, 6.07) is 4.35. The van der Waals surface area contributed by atoms with E-state index in [1.807, 2.05) is 17.7 Å². The Morgan fingerprint density at radius 3 is 3.00 bits per heavy atom. The summed E-state index contributed by atoms with van der Waals surface area (Å²) in [7, 11) is 0. The number of hydrogen-bond donors (Lipinski definition) is 1. The molecule has 1 aromatic heterocycles. The van der Waals surface area contributed by atoms with E-state index < -0.39 is 0 Å². The first kappa shape index (κ1) is 12.6. The monoisotopic (exact) mass is 249 g/mol. The first-order valence-electron chi connectivity index (χ1n) is 5.86. The third-order valence-electron chi connectivity index (χ3n) is 2.74. The lowest BCUT2D eigenvalue weighted by atomic mass is 10.2. The van der Waals surface area contributed by atoms with Gasteiger partial charge in [0.15, 0.2) is 0 Å². The largest absolute Gasteiger partial charge is 0.485 e. The standard InChI is InChI=1S/C13H16FN3O/c1-2-17-6-5-16-13(17)9-18-12-4-3-11(14)7-10(12)8-15/h3-7H,2,8-9,15H2,1H3. The van der Waals surface area contributed by atoms with Crippen LogP contribution in [0.15, 0.2) is 30.6 Å². The van der Waals surface area contributed by atoms with Crippen LogP contribution in [0, 0.1) is 5.82 Å². The van der Waals surface area contributed by atoms with Crippen LogP contribution in [0.5, 0.6) is 5.75 Å². The van der Waals surface area contributed by atoms with Gasteiger partial charge in [-0.25, -0.2) is 9.37 Å². The van der Waals surface area contributed by atoms with Crippen molar-refractivity contribution >= 4 is 0 Å². The maximum atomic E-state index is 13.0. The molecule has 0 saturated heterocycles. The van der Waals surface area contributed by atoms with E-state index in [1.165, 1.54) is 12.1 Å².